The number of nitrogens with zero attached hydrogens (tertiary/aromatic N) is 4. The number of hydrogen-bond donors (Lipinski definition) is 1. The van der Waals surface area contributed by atoms with Crippen molar-refractivity contribution in [2.24, 2.45) is 0 Å². The molecule has 3 fully saturated rings. The third-order valence-corrected chi connectivity index (χ3v) is 13.3. The average molecular weight is 724 g/mol. The lowest BCUT2D eigenvalue weighted by atomic mass is 9.70. The first kappa shape index (κ1) is 35.0. The molecule has 0 aliphatic carbocycles. The van der Waals surface area contributed by atoms with Gasteiger partial charge in [0, 0.05) is 37.3 Å². The molecule has 2 bridgehead atoms. The molecule has 1 N–H and O–H groups in total. The minimum Gasteiger partial charge on any atom is -0.338 e. The Kier molecular flexibility index (Phi) is 9.56. The summed E-state index contributed by atoms with van der Waals surface area (Å²) in [7, 11) is -4.07. The van der Waals surface area contributed by atoms with Crippen molar-refractivity contribution in [3.8, 4) is 0 Å². The number of piperidine rings is 2. The van der Waals surface area contributed by atoms with Gasteiger partial charge in [-0.25, -0.2) is 26.9 Å². The molecule has 1 amide bonds. The third kappa shape index (κ3) is 6.58. The molecule has 1 aromatic heterocycles. The van der Waals surface area contributed by atoms with Gasteiger partial charge < -0.3 is 9.47 Å². The van der Waals surface area contributed by atoms with E-state index in [-0.39, 0.29) is 26.7 Å². The number of amides is 1. The highest BCUT2D eigenvalue weighted by Gasteiger charge is 2.44. The zero-order valence-corrected chi connectivity index (χ0v) is 30.3. The molecule has 50 heavy (non-hydrogen) atoms. The third-order valence-electron chi connectivity index (χ3n) is 11.2. The first-order chi connectivity index (χ1) is 23.8. The van der Waals surface area contributed by atoms with Crippen molar-refractivity contribution in [1.29, 1.82) is 0 Å². The van der Waals surface area contributed by atoms with Gasteiger partial charge in [0.15, 0.2) is 0 Å². The van der Waals surface area contributed by atoms with E-state index in [0.717, 1.165) is 67.7 Å². The molecule has 3 saturated heterocycles. The predicted octanol–water partition coefficient (Wildman–Crippen LogP) is 7.40. The van der Waals surface area contributed by atoms with Crippen molar-refractivity contribution < 1.29 is 22.0 Å². The Morgan fingerprint density at radius 3 is 2.38 bits per heavy atom. The monoisotopic (exact) mass is 723 g/mol. The van der Waals surface area contributed by atoms with Crippen LogP contribution in [0.3, 0.4) is 0 Å². The first-order valence-corrected chi connectivity index (χ1v) is 19.5. The minimum absolute atomic E-state index is 0.289. The van der Waals surface area contributed by atoms with Gasteiger partial charge in [0.05, 0.1) is 21.6 Å². The average Bonchev–Trinajstić information content (AvgIpc) is 3.53. The Hall–Kier alpha value is -3.38. The van der Waals surface area contributed by atoms with Gasteiger partial charge in [-0.1, -0.05) is 35.9 Å². The van der Waals surface area contributed by atoms with Gasteiger partial charge in [-0.05, 0) is 120 Å². The van der Waals surface area contributed by atoms with Crippen LogP contribution in [0.1, 0.15) is 86.6 Å². The molecule has 8 nitrogen and oxygen atoms in total. The summed E-state index contributed by atoms with van der Waals surface area (Å²) in [5.41, 5.74) is 2.43. The molecule has 0 spiro atoms. The van der Waals surface area contributed by atoms with Crippen LogP contribution in [0.5, 0.6) is 0 Å². The summed E-state index contributed by atoms with van der Waals surface area (Å²) in [6, 6.07) is 17.9. The predicted molar refractivity (Wildman–Crippen MR) is 191 cm³/mol. The van der Waals surface area contributed by atoms with Crippen LogP contribution in [-0.4, -0.2) is 71.4 Å². The number of nitrogens with one attached hydrogen (secondary N) is 1. The molecule has 12 heteroatoms. The molecule has 4 heterocycles. The molecule has 7 rings (SSSR count). The summed E-state index contributed by atoms with van der Waals surface area (Å²) in [5, 5.41) is -0.289. The van der Waals surface area contributed by atoms with Gasteiger partial charge in [-0.15, -0.1) is 0 Å². The van der Waals surface area contributed by atoms with Crippen LogP contribution in [0.15, 0.2) is 65.6 Å². The summed E-state index contributed by atoms with van der Waals surface area (Å²) >= 11 is 6.14. The maximum Gasteiger partial charge on any atom is 0.256 e. The number of fused-ring (bicyclic) bond motifs is 3. The Bertz CT molecular complexity index is 2010. The Balaban J connectivity index is 1.08. The van der Waals surface area contributed by atoms with E-state index in [1.807, 2.05) is 12.1 Å². The van der Waals surface area contributed by atoms with Crippen molar-refractivity contribution in [2.75, 3.05) is 19.6 Å². The second-order valence-electron chi connectivity index (χ2n) is 14.6. The van der Waals surface area contributed by atoms with Crippen LogP contribution >= 0.6 is 11.6 Å². The number of hydrogen-bond acceptors (Lipinski definition) is 5. The van der Waals surface area contributed by atoms with E-state index < -0.39 is 27.8 Å². The van der Waals surface area contributed by atoms with E-state index in [1.54, 1.807) is 30.9 Å². The van der Waals surface area contributed by atoms with Crippen molar-refractivity contribution in [3.63, 3.8) is 0 Å². The SMILES string of the molecule is Cc1nc2ccccc2n1[C@H]1C[C@H]2CC[C@@H](C1)N2CCC1(c2cccc(F)c2)CCN(C(=O)c2cc(S(=O)(=O)NC(C)C)c(Cl)cc2F)CC1. The van der Waals surface area contributed by atoms with E-state index in [0.29, 0.717) is 44.1 Å². The summed E-state index contributed by atoms with van der Waals surface area (Å²) in [6.45, 7) is 6.94. The number of rotatable bonds is 9. The number of para-hydroxylation sites is 2. The Morgan fingerprint density at radius 2 is 1.70 bits per heavy atom. The molecule has 0 unspecified atom stereocenters. The summed E-state index contributed by atoms with van der Waals surface area (Å²) in [6.07, 6.45) is 6.38. The first-order valence-electron chi connectivity index (χ1n) is 17.6. The molecule has 0 radical (unpaired) electrons. The fraction of sp³-hybridized carbons (Fsp3) is 0.474. The maximum atomic E-state index is 15.2. The highest BCUT2D eigenvalue weighted by atomic mass is 35.5. The number of sulfonamides is 1. The van der Waals surface area contributed by atoms with E-state index in [4.69, 9.17) is 16.6 Å². The molecular weight excluding hydrogens is 680 g/mol. The fourth-order valence-electron chi connectivity index (χ4n) is 8.87. The number of aryl methyl sites for hydroxylation is 1. The van der Waals surface area contributed by atoms with Gasteiger partial charge in [0.1, 0.15) is 22.4 Å². The molecule has 266 valence electrons. The second-order valence-corrected chi connectivity index (χ2v) is 16.7. The zero-order chi connectivity index (χ0) is 35.4. The number of carbonyl (C=O) groups is 1. The lowest BCUT2D eigenvalue weighted by Crippen LogP contribution is -2.49. The van der Waals surface area contributed by atoms with Crippen LogP contribution in [0, 0.1) is 18.6 Å². The maximum absolute atomic E-state index is 15.2. The van der Waals surface area contributed by atoms with Gasteiger partial charge in [-0.2, -0.15) is 0 Å². The highest BCUT2D eigenvalue weighted by Crippen LogP contribution is 2.45. The number of likely N-dealkylation sites (tertiary alicyclic amines) is 1. The standard InChI is InChI=1S/C38H44ClF2N5O3S/c1-24(2)43-50(48,49)36-22-31(33(41)23-32(36)39)37(47)44-16-13-38(14-17-44,26-7-6-8-27(40)19-26)15-18-45-28-11-12-29(45)21-30(20-28)46-25(3)42-34-9-4-5-10-35(34)46/h4-10,19,22-24,28-30,43H,11-18,20-21H2,1-3H3/t28-,29+,30+. The van der Waals surface area contributed by atoms with Crippen LogP contribution in [0.4, 0.5) is 8.78 Å². The smallest absolute Gasteiger partial charge is 0.256 e. The zero-order valence-electron chi connectivity index (χ0n) is 28.7. The summed E-state index contributed by atoms with van der Waals surface area (Å²) in [5.74, 6) is -0.700. The van der Waals surface area contributed by atoms with E-state index in [9.17, 15) is 17.6 Å². The lowest BCUT2D eigenvalue weighted by Gasteiger charge is -2.45. The van der Waals surface area contributed by atoms with Crippen LogP contribution in [0.25, 0.3) is 11.0 Å². The number of carbonyl (C=O) groups excluding carboxylic acids is 1. The van der Waals surface area contributed by atoms with Crippen LogP contribution in [-0.2, 0) is 15.4 Å². The molecule has 3 aliphatic heterocycles. The van der Waals surface area contributed by atoms with Gasteiger partial charge >= 0.3 is 0 Å². The Labute approximate surface area is 297 Å². The minimum atomic E-state index is -4.07. The van der Waals surface area contributed by atoms with Crippen molar-refractivity contribution in [1.82, 2.24) is 24.1 Å². The largest absolute Gasteiger partial charge is 0.338 e. The topological polar surface area (TPSA) is 87.5 Å². The number of aromatic nitrogens is 2. The number of imidazole rings is 1. The quantitative estimate of drug-likeness (QED) is 0.195. The van der Waals surface area contributed by atoms with Gasteiger partial charge in [-0.3, -0.25) is 9.69 Å². The fourth-order valence-corrected chi connectivity index (χ4v) is 10.7. The van der Waals surface area contributed by atoms with E-state index >= 15 is 4.39 Å². The molecule has 3 aliphatic rings. The van der Waals surface area contributed by atoms with E-state index in [1.165, 1.54) is 11.6 Å². The lowest BCUT2D eigenvalue weighted by molar-refractivity contribution is 0.0602. The Morgan fingerprint density at radius 1 is 1.00 bits per heavy atom. The molecule has 3 aromatic carbocycles. The van der Waals surface area contributed by atoms with Gasteiger partial charge in [0.25, 0.3) is 5.91 Å². The molecule has 4 aromatic rings. The molecule has 3 atom stereocenters. The normalized spacial score (nSPS) is 22.5. The van der Waals surface area contributed by atoms with Crippen molar-refractivity contribution in [3.05, 3.63) is 94.3 Å². The number of benzene rings is 3. The summed E-state index contributed by atoms with van der Waals surface area (Å²) < 4.78 is 60.5. The van der Waals surface area contributed by atoms with E-state index in [2.05, 4.69) is 39.3 Å². The summed E-state index contributed by atoms with van der Waals surface area (Å²) in [4.78, 5) is 22.5. The highest BCUT2D eigenvalue weighted by molar-refractivity contribution is 7.89. The van der Waals surface area contributed by atoms with Crippen molar-refractivity contribution in [2.45, 2.75) is 100 Å². The van der Waals surface area contributed by atoms with Crippen molar-refractivity contribution >= 4 is 38.6 Å². The molecule has 0 saturated carbocycles. The van der Waals surface area contributed by atoms with Crippen LogP contribution < -0.4 is 4.72 Å². The molecular formula is C38H44ClF2N5O3S. The number of halogens is 3. The van der Waals surface area contributed by atoms with Gasteiger partial charge in [0.2, 0.25) is 10.0 Å². The second kappa shape index (κ2) is 13.6. The van der Waals surface area contributed by atoms with Crippen LogP contribution in [0.2, 0.25) is 5.02 Å².